The summed E-state index contributed by atoms with van der Waals surface area (Å²) < 4.78 is 20.5. The zero-order chi connectivity index (χ0) is 15.5. The molecule has 118 valence electrons. The van der Waals surface area contributed by atoms with Gasteiger partial charge in [0, 0.05) is 37.0 Å². The van der Waals surface area contributed by atoms with Gasteiger partial charge in [0.05, 0.1) is 12.8 Å². The lowest BCUT2D eigenvalue weighted by Crippen LogP contribution is -2.27. The average molecular weight is 303 g/mol. The van der Waals surface area contributed by atoms with Gasteiger partial charge >= 0.3 is 0 Å². The van der Waals surface area contributed by atoms with E-state index in [1.54, 1.807) is 13.2 Å². The molecule has 1 aliphatic rings. The van der Waals surface area contributed by atoms with Crippen LogP contribution in [0.25, 0.3) is 0 Å². The summed E-state index contributed by atoms with van der Waals surface area (Å²) in [4.78, 5) is 0. The van der Waals surface area contributed by atoms with Gasteiger partial charge in [-0.15, -0.1) is 0 Å². The fourth-order valence-corrected chi connectivity index (χ4v) is 3.38. The Labute approximate surface area is 130 Å². The van der Waals surface area contributed by atoms with E-state index >= 15 is 0 Å². The van der Waals surface area contributed by atoms with Gasteiger partial charge in [-0.05, 0) is 37.5 Å². The van der Waals surface area contributed by atoms with E-state index in [0.29, 0.717) is 17.7 Å². The van der Waals surface area contributed by atoms with Gasteiger partial charge in [-0.3, -0.25) is 4.68 Å². The van der Waals surface area contributed by atoms with Crippen LogP contribution >= 0.6 is 0 Å². The SMILES string of the molecule is COc1cc(F)ccc1NC1CCCC(c2ccnn2C)C1. The highest BCUT2D eigenvalue weighted by atomic mass is 19.1. The quantitative estimate of drug-likeness (QED) is 0.936. The van der Waals surface area contributed by atoms with Crippen LogP contribution in [0.4, 0.5) is 10.1 Å². The standard InChI is InChI=1S/C17H22FN3O/c1-21-16(8-9-19-21)12-4-3-5-14(10-12)20-15-7-6-13(18)11-17(15)22-2/h6-9,11-12,14,20H,3-5,10H2,1-2H3. The molecule has 3 rings (SSSR count). The zero-order valence-electron chi connectivity index (χ0n) is 13.1. The van der Waals surface area contributed by atoms with Crippen molar-refractivity contribution in [2.24, 2.45) is 7.05 Å². The van der Waals surface area contributed by atoms with Crippen molar-refractivity contribution in [3.05, 3.63) is 42.0 Å². The average Bonchev–Trinajstić information content (AvgIpc) is 2.95. The number of aryl methyl sites for hydroxylation is 1. The normalized spacial score (nSPS) is 21.6. The van der Waals surface area contributed by atoms with Gasteiger partial charge in [-0.2, -0.15) is 5.10 Å². The maximum Gasteiger partial charge on any atom is 0.144 e. The number of methoxy groups -OCH3 is 1. The van der Waals surface area contributed by atoms with Crippen LogP contribution in [0.2, 0.25) is 0 Å². The van der Waals surface area contributed by atoms with Gasteiger partial charge in [0.15, 0.2) is 0 Å². The molecule has 0 bridgehead atoms. The fourth-order valence-electron chi connectivity index (χ4n) is 3.38. The summed E-state index contributed by atoms with van der Waals surface area (Å²) in [5.41, 5.74) is 2.15. The third-order valence-corrected chi connectivity index (χ3v) is 4.47. The second-order valence-corrected chi connectivity index (χ2v) is 5.93. The van der Waals surface area contributed by atoms with Crippen molar-refractivity contribution in [1.29, 1.82) is 0 Å². The molecule has 0 spiro atoms. The van der Waals surface area contributed by atoms with E-state index in [0.717, 1.165) is 18.5 Å². The number of aromatic nitrogens is 2. The van der Waals surface area contributed by atoms with Gasteiger partial charge in [0.2, 0.25) is 0 Å². The highest BCUT2D eigenvalue weighted by Gasteiger charge is 2.25. The molecule has 1 aliphatic carbocycles. The van der Waals surface area contributed by atoms with Crippen molar-refractivity contribution in [2.45, 2.75) is 37.6 Å². The van der Waals surface area contributed by atoms with Crippen LogP contribution in [0.1, 0.15) is 37.3 Å². The Morgan fingerprint density at radius 3 is 2.91 bits per heavy atom. The van der Waals surface area contributed by atoms with Crippen molar-refractivity contribution in [3.63, 3.8) is 0 Å². The number of nitrogens with zero attached hydrogens (tertiary/aromatic N) is 2. The first-order chi connectivity index (χ1) is 10.7. The number of hydrogen-bond donors (Lipinski definition) is 1. The molecule has 0 amide bonds. The number of rotatable bonds is 4. The molecule has 2 aromatic rings. The van der Waals surface area contributed by atoms with E-state index in [2.05, 4.69) is 16.5 Å². The Bertz CT molecular complexity index is 641. The minimum atomic E-state index is -0.279. The van der Waals surface area contributed by atoms with Crippen LogP contribution < -0.4 is 10.1 Å². The monoisotopic (exact) mass is 303 g/mol. The molecule has 2 atom stereocenters. The van der Waals surface area contributed by atoms with Crippen molar-refractivity contribution in [3.8, 4) is 5.75 Å². The fraction of sp³-hybridized carbons (Fsp3) is 0.471. The molecule has 1 aromatic carbocycles. The van der Waals surface area contributed by atoms with E-state index < -0.39 is 0 Å². The van der Waals surface area contributed by atoms with Crippen LogP contribution in [0, 0.1) is 5.82 Å². The molecule has 0 saturated heterocycles. The molecular weight excluding hydrogens is 281 g/mol. The summed E-state index contributed by atoms with van der Waals surface area (Å²) in [6.45, 7) is 0. The maximum absolute atomic E-state index is 13.3. The molecule has 1 fully saturated rings. The summed E-state index contributed by atoms with van der Waals surface area (Å²) in [6, 6.07) is 7.11. The molecule has 22 heavy (non-hydrogen) atoms. The topological polar surface area (TPSA) is 39.1 Å². The minimum Gasteiger partial charge on any atom is -0.494 e. The molecule has 1 aromatic heterocycles. The van der Waals surface area contributed by atoms with Crippen LogP contribution in [-0.2, 0) is 7.05 Å². The van der Waals surface area contributed by atoms with E-state index in [4.69, 9.17) is 4.74 Å². The van der Waals surface area contributed by atoms with E-state index in [1.807, 2.05) is 17.9 Å². The highest BCUT2D eigenvalue weighted by molar-refractivity contribution is 5.57. The Kier molecular flexibility index (Phi) is 4.32. The van der Waals surface area contributed by atoms with Crippen molar-refractivity contribution >= 4 is 5.69 Å². The maximum atomic E-state index is 13.3. The van der Waals surface area contributed by atoms with Crippen molar-refractivity contribution in [1.82, 2.24) is 9.78 Å². The van der Waals surface area contributed by atoms with Crippen LogP contribution in [0.5, 0.6) is 5.75 Å². The van der Waals surface area contributed by atoms with Gasteiger partial charge in [0.1, 0.15) is 11.6 Å². The summed E-state index contributed by atoms with van der Waals surface area (Å²) in [5, 5.41) is 7.79. The first kappa shape index (κ1) is 14.9. The lowest BCUT2D eigenvalue weighted by molar-refractivity contribution is 0.389. The lowest BCUT2D eigenvalue weighted by atomic mass is 9.83. The number of benzene rings is 1. The Morgan fingerprint density at radius 1 is 1.32 bits per heavy atom. The molecule has 4 nitrogen and oxygen atoms in total. The molecule has 1 heterocycles. The largest absolute Gasteiger partial charge is 0.494 e. The van der Waals surface area contributed by atoms with Gasteiger partial charge in [-0.25, -0.2) is 4.39 Å². The molecule has 5 heteroatoms. The zero-order valence-corrected chi connectivity index (χ0v) is 13.1. The van der Waals surface area contributed by atoms with Gasteiger partial charge in [0.25, 0.3) is 0 Å². The van der Waals surface area contributed by atoms with Crippen molar-refractivity contribution in [2.75, 3.05) is 12.4 Å². The van der Waals surface area contributed by atoms with Crippen LogP contribution in [0.3, 0.4) is 0 Å². The summed E-state index contributed by atoms with van der Waals surface area (Å²) in [7, 11) is 3.56. The molecule has 1 N–H and O–H groups in total. The second-order valence-electron chi connectivity index (χ2n) is 5.93. The Balaban J connectivity index is 1.72. The summed E-state index contributed by atoms with van der Waals surface area (Å²) in [5.74, 6) is 0.798. The predicted octanol–water partition coefficient (Wildman–Crippen LogP) is 3.71. The molecule has 0 aliphatic heterocycles. The first-order valence-corrected chi connectivity index (χ1v) is 7.75. The van der Waals surface area contributed by atoms with Crippen LogP contribution in [-0.4, -0.2) is 22.9 Å². The highest BCUT2D eigenvalue weighted by Crippen LogP contribution is 2.35. The second kappa shape index (κ2) is 6.38. The number of nitrogens with one attached hydrogen (secondary N) is 1. The molecule has 1 saturated carbocycles. The lowest BCUT2D eigenvalue weighted by Gasteiger charge is -2.31. The van der Waals surface area contributed by atoms with Gasteiger partial charge in [-0.1, -0.05) is 6.42 Å². The molecular formula is C17H22FN3O. The number of halogens is 1. The third kappa shape index (κ3) is 3.08. The van der Waals surface area contributed by atoms with Gasteiger partial charge < -0.3 is 10.1 Å². The van der Waals surface area contributed by atoms with Crippen LogP contribution in [0.15, 0.2) is 30.5 Å². The predicted molar refractivity (Wildman–Crippen MR) is 84.8 cm³/mol. The first-order valence-electron chi connectivity index (χ1n) is 7.75. The number of ether oxygens (including phenoxy) is 1. The smallest absolute Gasteiger partial charge is 0.144 e. The molecule has 2 unspecified atom stereocenters. The van der Waals surface area contributed by atoms with E-state index in [9.17, 15) is 4.39 Å². The summed E-state index contributed by atoms with van der Waals surface area (Å²) >= 11 is 0. The molecule has 0 radical (unpaired) electrons. The Hall–Kier alpha value is -2.04. The number of hydrogen-bond acceptors (Lipinski definition) is 3. The van der Waals surface area contributed by atoms with Crippen molar-refractivity contribution < 1.29 is 9.13 Å². The number of anilines is 1. The summed E-state index contributed by atoms with van der Waals surface area (Å²) in [6.07, 6.45) is 6.40. The minimum absolute atomic E-state index is 0.279. The third-order valence-electron chi connectivity index (χ3n) is 4.47. The van der Waals surface area contributed by atoms with E-state index in [1.165, 1.54) is 30.7 Å². The Morgan fingerprint density at radius 2 is 2.18 bits per heavy atom. The van der Waals surface area contributed by atoms with E-state index in [-0.39, 0.29) is 5.82 Å².